The lowest BCUT2D eigenvalue weighted by Crippen LogP contribution is -2.31. The molecule has 1 amide bonds. The molecule has 1 aromatic rings. The molecule has 1 rings (SSSR count). The second kappa shape index (κ2) is 6.96. The number of rotatable bonds is 6. The third kappa shape index (κ3) is 3.70. The Hall–Kier alpha value is -1.62. The number of amides is 1. The summed E-state index contributed by atoms with van der Waals surface area (Å²) in [5, 5.41) is 12.1. The average Bonchev–Trinajstić information content (AvgIpc) is 2.40. The van der Waals surface area contributed by atoms with Gasteiger partial charge >= 0.3 is 0 Å². The number of aliphatic hydroxyl groups is 1. The Kier molecular flexibility index (Phi) is 5.58. The zero-order valence-electron chi connectivity index (χ0n) is 11.2. The lowest BCUT2D eigenvalue weighted by atomic mass is 10.2. The van der Waals surface area contributed by atoms with Crippen LogP contribution in [0.4, 0.5) is 5.69 Å². The summed E-state index contributed by atoms with van der Waals surface area (Å²) in [6.45, 7) is 7.13. The van der Waals surface area contributed by atoms with Crippen molar-refractivity contribution in [2.75, 3.05) is 25.0 Å². The Morgan fingerprint density at radius 2 is 2.17 bits per heavy atom. The standard InChI is InChI=1S/C13H21N3O2/c1-4-16(5-2)13(18)12-8-11(6-7-14-12)15-10(3)9-17/h6-8,10,17H,4-5,9H2,1-3H3,(H,14,15). The van der Waals surface area contributed by atoms with Crippen molar-refractivity contribution in [3.63, 3.8) is 0 Å². The van der Waals surface area contributed by atoms with Gasteiger partial charge in [0.25, 0.3) is 5.91 Å². The first-order valence-electron chi connectivity index (χ1n) is 6.25. The molecule has 0 aliphatic heterocycles. The molecule has 1 atom stereocenters. The van der Waals surface area contributed by atoms with E-state index in [0.717, 1.165) is 5.69 Å². The number of aliphatic hydroxyl groups excluding tert-OH is 1. The van der Waals surface area contributed by atoms with Crippen molar-refractivity contribution in [2.45, 2.75) is 26.8 Å². The molecule has 0 aliphatic carbocycles. The van der Waals surface area contributed by atoms with Crippen LogP contribution in [0.15, 0.2) is 18.3 Å². The molecule has 0 aliphatic rings. The van der Waals surface area contributed by atoms with E-state index in [0.29, 0.717) is 18.8 Å². The number of aromatic nitrogens is 1. The van der Waals surface area contributed by atoms with Gasteiger partial charge in [-0.2, -0.15) is 0 Å². The van der Waals surface area contributed by atoms with E-state index in [2.05, 4.69) is 10.3 Å². The predicted octanol–water partition coefficient (Wildman–Crippen LogP) is 1.36. The normalized spacial score (nSPS) is 12.0. The molecule has 5 nitrogen and oxygen atoms in total. The molecular formula is C13H21N3O2. The minimum Gasteiger partial charge on any atom is -0.394 e. The van der Waals surface area contributed by atoms with Gasteiger partial charge in [-0.05, 0) is 32.9 Å². The van der Waals surface area contributed by atoms with E-state index in [-0.39, 0.29) is 18.6 Å². The molecule has 1 aromatic heterocycles. The summed E-state index contributed by atoms with van der Waals surface area (Å²) < 4.78 is 0. The molecular weight excluding hydrogens is 230 g/mol. The Morgan fingerprint density at radius 1 is 1.50 bits per heavy atom. The monoisotopic (exact) mass is 251 g/mol. The van der Waals surface area contributed by atoms with Gasteiger partial charge in [0.2, 0.25) is 0 Å². The van der Waals surface area contributed by atoms with Gasteiger partial charge in [-0.1, -0.05) is 0 Å². The number of carbonyl (C=O) groups excluding carboxylic acids is 1. The minimum absolute atomic E-state index is 0.0433. The van der Waals surface area contributed by atoms with Crippen LogP contribution in [-0.2, 0) is 0 Å². The van der Waals surface area contributed by atoms with Gasteiger partial charge in [0.05, 0.1) is 6.61 Å². The van der Waals surface area contributed by atoms with Crippen molar-refractivity contribution in [1.29, 1.82) is 0 Å². The molecule has 0 spiro atoms. The van der Waals surface area contributed by atoms with Gasteiger partial charge in [0, 0.05) is 31.0 Å². The molecule has 2 N–H and O–H groups in total. The third-order valence-corrected chi connectivity index (χ3v) is 2.72. The number of nitrogens with one attached hydrogen (secondary N) is 1. The molecule has 0 fully saturated rings. The molecule has 1 unspecified atom stereocenters. The van der Waals surface area contributed by atoms with Gasteiger partial charge in [-0.25, -0.2) is 0 Å². The number of hydrogen-bond donors (Lipinski definition) is 2. The maximum Gasteiger partial charge on any atom is 0.272 e. The van der Waals surface area contributed by atoms with E-state index >= 15 is 0 Å². The maximum absolute atomic E-state index is 12.1. The first kappa shape index (κ1) is 14.4. The van der Waals surface area contributed by atoms with E-state index in [1.54, 1.807) is 23.2 Å². The molecule has 0 bridgehead atoms. The highest BCUT2D eigenvalue weighted by Crippen LogP contribution is 2.11. The summed E-state index contributed by atoms with van der Waals surface area (Å²) >= 11 is 0. The van der Waals surface area contributed by atoms with Crippen molar-refractivity contribution in [3.8, 4) is 0 Å². The van der Waals surface area contributed by atoms with Crippen LogP contribution in [0, 0.1) is 0 Å². The van der Waals surface area contributed by atoms with E-state index in [9.17, 15) is 4.79 Å². The molecule has 0 saturated heterocycles. The first-order chi connectivity index (χ1) is 8.62. The van der Waals surface area contributed by atoms with Crippen LogP contribution in [0.3, 0.4) is 0 Å². The van der Waals surface area contributed by atoms with Crippen molar-refractivity contribution < 1.29 is 9.90 Å². The van der Waals surface area contributed by atoms with E-state index in [1.165, 1.54) is 0 Å². The lowest BCUT2D eigenvalue weighted by molar-refractivity contribution is 0.0767. The molecule has 0 radical (unpaired) electrons. The first-order valence-corrected chi connectivity index (χ1v) is 6.25. The Labute approximate surface area is 108 Å². The molecule has 5 heteroatoms. The van der Waals surface area contributed by atoms with Crippen molar-refractivity contribution in [2.24, 2.45) is 0 Å². The number of nitrogens with zero attached hydrogens (tertiary/aromatic N) is 2. The van der Waals surface area contributed by atoms with Crippen molar-refractivity contribution in [3.05, 3.63) is 24.0 Å². The number of carbonyl (C=O) groups is 1. The zero-order valence-corrected chi connectivity index (χ0v) is 11.2. The summed E-state index contributed by atoms with van der Waals surface area (Å²) in [6.07, 6.45) is 1.60. The molecule has 0 aromatic carbocycles. The van der Waals surface area contributed by atoms with Gasteiger partial charge in [-0.3, -0.25) is 9.78 Å². The Morgan fingerprint density at radius 3 is 2.72 bits per heavy atom. The van der Waals surface area contributed by atoms with Gasteiger partial charge in [-0.15, -0.1) is 0 Å². The lowest BCUT2D eigenvalue weighted by Gasteiger charge is -2.18. The highest BCUT2D eigenvalue weighted by atomic mass is 16.3. The molecule has 0 saturated carbocycles. The SMILES string of the molecule is CCN(CC)C(=O)c1cc(NC(C)CO)ccn1. The average molecular weight is 251 g/mol. The molecule has 1 heterocycles. The quantitative estimate of drug-likeness (QED) is 0.801. The van der Waals surface area contributed by atoms with Crippen LogP contribution in [0.25, 0.3) is 0 Å². The van der Waals surface area contributed by atoms with E-state index in [4.69, 9.17) is 5.11 Å². The fourth-order valence-electron chi connectivity index (χ4n) is 1.64. The number of hydrogen-bond acceptors (Lipinski definition) is 4. The van der Waals surface area contributed by atoms with Gasteiger partial charge in [0.15, 0.2) is 0 Å². The molecule has 18 heavy (non-hydrogen) atoms. The van der Waals surface area contributed by atoms with E-state index in [1.807, 2.05) is 20.8 Å². The summed E-state index contributed by atoms with van der Waals surface area (Å²) in [4.78, 5) is 17.9. The largest absolute Gasteiger partial charge is 0.394 e. The summed E-state index contributed by atoms with van der Waals surface area (Å²) in [7, 11) is 0. The minimum atomic E-state index is -0.0692. The fourth-order valence-corrected chi connectivity index (χ4v) is 1.64. The summed E-state index contributed by atoms with van der Waals surface area (Å²) in [5.41, 5.74) is 1.22. The van der Waals surface area contributed by atoms with Gasteiger partial charge in [0.1, 0.15) is 5.69 Å². The van der Waals surface area contributed by atoms with Crippen molar-refractivity contribution in [1.82, 2.24) is 9.88 Å². The maximum atomic E-state index is 12.1. The number of anilines is 1. The van der Waals surface area contributed by atoms with Crippen molar-refractivity contribution >= 4 is 11.6 Å². The van der Waals surface area contributed by atoms with Crippen LogP contribution < -0.4 is 5.32 Å². The van der Waals surface area contributed by atoms with Crippen LogP contribution in [-0.4, -0.2) is 46.6 Å². The second-order valence-electron chi connectivity index (χ2n) is 4.14. The number of pyridine rings is 1. The highest BCUT2D eigenvalue weighted by molar-refractivity contribution is 5.93. The van der Waals surface area contributed by atoms with Crippen LogP contribution in [0.5, 0.6) is 0 Å². The third-order valence-electron chi connectivity index (χ3n) is 2.72. The Bertz CT molecular complexity index is 392. The van der Waals surface area contributed by atoms with Crippen LogP contribution >= 0.6 is 0 Å². The summed E-state index contributed by atoms with van der Waals surface area (Å²) in [6, 6.07) is 3.45. The van der Waals surface area contributed by atoms with Crippen LogP contribution in [0.1, 0.15) is 31.3 Å². The smallest absolute Gasteiger partial charge is 0.272 e. The van der Waals surface area contributed by atoms with E-state index < -0.39 is 0 Å². The predicted molar refractivity (Wildman–Crippen MR) is 71.7 cm³/mol. The van der Waals surface area contributed by atoms with Gasteiger partial charge < -0.3 is 15.3 Å². The fraction of sp³-hybridized carbons (Fsp3) is 0.538. The zero-order chi connectivity index (χ0) is 13.5. The molecule has 100 valence electrons. The second-order valence-corrected chi connectivity index (χ2v) is 4.14. The Balaban J connectivity index is 2.84. The summed E-state index contributed by atoms with van der Waals surface area (Å²) in [5.74, 6) is -0.0692. The highest BCUT2D eigenvalue weighted by Gasteiger charge is 2.14. The van der Waals surface area contributed by atoms with Crippen LogP contribution in [0.2, 0.25) is 0 Å². The topological polar surface area (TPSA) is 65.5 Å².